The Bertz CT molecular complexity index is 209. The van der Waals surface area contributed by atoms with Gasteiger partial charge in [-0.05, 0) is 0 Å². The molecule has 0 radical (unpaired) electrons. The SMILES string of the molecule is O=C(O)CSc1ccon1. The largest absolute Gasteiger partial charge is 0.481 e. The van der Waals surface area contributed by atoms with Crippen molar-refractivity contribution in [3.05, 3.63) is 12.3 Å². The first-order chi connectivity index (χ1) is 4.79. The van der Waals surface area contributed by atoms with Crippen LogP contribution in [0.3, 0.4) is 0 Å². The van der Waals surface area contributed by atoms with Gasteiger partial charge in [0.2, 0.25) is 0 Å². The van der Waals surface area contributed by atoms with Crippen LogP contribution in [0, 0.1) is 0 Å². The molecule has 5 heteroatoms. The van der Waals surface area contributed by atoms with Crippen molar-refractivity contribution in [2.45, 2.75) is 5.03 Å². The van der Waals surface area contributed by atoms with Crippen LogP contribution in [0.1, 0.15) is 0 Å². The fourth-order valence-corrected chi connectivity index (χ4v) is 0.930. The molecule has 0 aliphatic rings. The van der Waals surface area contributed by atoms with E-state index >= 15 is 0 Å². The van der Waals surface area contributed by atoms with Crippen LogP contribution in [0.25, 0.3) is 0 Å². The summed E-state index contributed by atoms with van der Waals surface area (Å²) in [5.74, 6) is -0.833. The molecule has 1 rings (SSSR count). The zero-order valence-electron chi connectivity index (χ0n) is 4.98. The van der Waals surface area contributed by atoms with Crippen LogP contribution >= 0.6 is 11.8 Å². The average Bonchev–Trinajstić information content (AvgIpc) is 2.34. The molecule has 0 aliphatic heterocycles. The van der Waals surface area contributed by atoms with E-state index < -0.39 is 5.97 Å². The molecule has 0 fully saturated rings. The Morgan fingerprint density at radius 1 is 1.90 bits per heavy atom. The predicted octanol–water partition coefficient (Wildman–Crippen LogP) is 0.851. The molecule has 0 atom stereocenters. The van der Waals surface area contributed by atoms with Gasteiger partial charge in [0.05, 0.1) is 5.75 Å². The number of thioether (sulfide) groups is 1. The zero-order valence-corrected chi connectivity index (χ0v) is 5.80. The normalized spacial score (nSPS) is 9.60. The Kier molecular flexibility index (Phi) is 2.33. The summed E-state index contributed by atoms with van der Waals surface area (Å²) in [4.78, 5) is 10.0. The molecule has 1 N–H and O–H groups in total. The van der Waals surface area contributed by atoms with E-state index in [-0.39, 0.29) is 5.75 Å². The van der Waals surface area contributed by atoms with Gasteiger partial charge in [-0.15, -0.1) is 0 Å². The molecule has 54 valence electrons. The minimum absolute atomic E-state index is 0.0204. The van der Waals surface area contributed by atoms with Crippen LogP contribution in [0.4, 0.5) is 0 Å². The van der Waals surface area contributed by atoms with Gasteiger partial charge in [-0.1, -0.05) is 16.9 Å². The van der Waals surface area contributed by atoms with Gasteiger partial charge in [0.25, 0.3) is 0 Å². The van der Waals surface area contributed by atoms with Gasteiger partial charge >= 0.3 is 5.97 Å². The third kappa shape index (κ3) is 2.10. The smallest absolute Gasteiger partial charge is 0.313 e. The highest BCUT2D eigenvalue weighted by molar-refractivity contribution is 7.99. The van der Waals surface area contributed by atoms with Gasteiger partial charge in [-0.3, -0.25) is 4.79 Å². The van der Waals surface area contributed by atoms with Gasteiger partial charge in [0.1, 0.15) is 11.3 Å². The van der Waals surface area contributed by atoms with Crippen molar-refractivity contribution >= 4 is 17.7 Å². The lowest BCUT2D eigenvalue weighted by Crippen LogP contribution is -1.97. The lowest BCUT2D eigenvalue weighted by molar-refractivity contribution is -0.133. The van der Waals surface area contributed by atoms with E-state index in [1.165, 1.54) is 6.26 Å². The highest BCUT2D eigenvalue weighted by Crippen LogP contribution is 2.13. The molecule has 0 amide bonds. The van der Waals surface area contributed by atoms with Crippen LogP contribution in [-0.4, -0.2) is 22.0 Å². The zero-order chi connectivity index (χ0) is 7.40. The summed E-state index contributed by atoms with van der Waals surface area (Å²) in [5, 5.41) is 12.3. The maximum atomic E-state index is 10.0. The third-order valence-electron chi connectivity index (χ3n) is 0.758. The molecule has 10 heavy (non-hydrogen) atoms. The first kappa shape index (κ1) is 7.14. The molecule has 0 saturated heterocycles. The van der Waals surface area contributed by atoms with Gasteiger partial charge in [-0.2, -0.15) is 0 Å². The molecule has 1 aromatic rings. The summed E-state index contributed by atoms with van der Waals surface area (Å²) in [6, 6.07) is 1.62. The quantitative estimate of drug-likeness (QED) is 0.662. The third-order valence-corrected chi connectivity index (χ3v) is 1.66. The molecular weight excluding hydrogens is 154 g/mol. The number of nitrogens with zero attached hydrogens (tertiary/aromatic N) is 1. The molecule has 0 spiro atoms. The van der Waals surface area contributed by atoms with Crippen LogP contribution in [0.2, 0.25) is 0 Å². The molecule has 0 unspecified atom stereocenters. The summed E-state index contributed by atoms with van der Waals surface area (Å²) >= 11 is 1.13. The number of rotatable bonds is 3. The summed E-state index contributed by atoms with van der Waals surface area (Å²) in [6.07, 6.45) is 1.41. The maximum Gasteiger partial charge on any atom is 0.313 e. The van der Waals surface area contributed by atoms with Gasteiger partial charge in [0, 0.05) is 6.07 Å². The molecule has 4 nitrogen and oxygen atoms in total. The number of carboxylic acids is 1. The minimum atomic E-state index is -0.854. The van der Waals surface area contributed by atoms with E-state index in [4.69, 9.17) is 5.11 Å². The summed E-state index contributed by atoms with van der Waals surface area (Å²) in [7, 11) is 0. The molecule has 0 aromatic carbocycles. The summed E-state index contributed by atoms with van der Waals surface area (Å²) in [6.45, 7) is 0. The van der Waals surface area contributed by atoms with E-state index in [2.05, 4.69) is 9.68 Å². The minimum Gasteiger partial charge on any atom is -0.481 e. The first-order valence-electron chi connectivity index (χ1n) is 2.54. The van der Waals surface area contributed by atoms with Crippen molar-refractivity contribution < 1.29 is 14.4 Å². The molecular formula is C5H5NO3S. The fraction of sp³-hybridized carbons (Fsp3) is 0.200. The second-order valence-corrected chi connectivity index (χ2v) is 2.52. The molecule has 0 aliphatic carbocycles. The number of carbonyl (C=O) groups is 1. The number of hydrogen-bond acceptors (Lipinski definition) is 4. The van der Waals surface area contributed by atoms with Gasteiger partial charge in [0.15, 0.2) is 0 Å². The van der Waals surface area contributed by atoms with Crippen molar-refractivity contribution in [1.29, 1.82) is 0 Å². The van der Waals surface area contributed by atoms with Gasteiger partial charge < -0.3 is 9.63 Å². The Morgan fingerprint density at radius 2 is 2.70 bits per heavy atom. The Morgan fingerprint density at radius 3 is 3.20 bits per heavy atom. The summed E-state index contributed by atoms with van der Waals surface area (Å²) < 4.78 is 4.48. The van der Waals surface area contributed by atoms with Crippen molar-refractivity contribution in [1.82, 2.24) is 5.16 Å². The molecule has 0 bridgehead atoms. The number of aliphatic carboxylic acids is 1. The highest BCUT2D eigenvalue weighted by atomic mass is 32.2. The average molecular weight is 159 g/mol. The standard InChI is InChI=1S/C5H5NO3S/c7-5(8)3-10-4-1-2-9-6-4/h1-2H,3H2,(H,7,8). The number of hydrogen-bond donors (Lipinski definition) is 1. The van der Waals surface area contributed by atoms with Crippen molar-refractivity contribution in [2.75, 3.05) is 5.75 Å². The Hall–Kier alpha value is -0.970. The van der Waals surface area contributed by atoms with E-state index in [0.29, 0.717) is 5.03 Å². The fourth-order valence-electron chi connectivity index (χ4n) is 0.412. The number of carboxylic acid groups (broad SMARTS) is 1. The van der Waals surface area contributed by atoms with E-state index in [9.17, 15) is 4.79 Å². The van der Waals surface area contributed by atoms with Crippen LogP contribution in [0.5, 0.6) is 0 Å². The summed E-state index contributed by atoms with van der Waals surface area (Å²) in [5.41, 5.74) is 0. The topological polar surface area (TPSA) is 63.3 Å². The Labute approximate surface area is 61.2 Å². The molecule has 0 saturated carbocycles. The Balaban J connectivity index is 2.35. The van der Waals surface area contributed by atoms with E-state index in [1.54, 1.807) is 6.07 Å². The van der Waals surface area contributed by atoms with Crippen molar-refractivity contribution in [2.24, 2.45) is 0 Å². The lowest BCUT2D eigenvalue weighted by atomic mass is 10.8. The first-order valence-corrected chi connectivity index (χ1v) is 3.52. The van der Waals surface area contributed by atoms with E-state index in [0.717, 1.165) is 11.8 Å². The lowest BCUT2D eigenvalue weighted by Gasteiger charge is -1.87. The second kappa shape index (κ2) is 3.26. The van der Waals surface area contributed by atoms with Gasteiger partial charge in [-0.25, -0.2) is 0 Å². The monoisotopic (exact) mass is 159 g/mol. The van der Waals surface area contributed by atoms with Crippen LogP contribution < -0.4 is 0 Å². The molecule has 1 heterocycles. The van der Waals surface area contributed by atoms with Crippen molar-refractivity contribution in [3.8, 4) is 0 Å². The van der Waals surface area contributed by atoms with Crippen molar-refractivity contribution in [3.63, 3.8) is 0 Å². The van der Waals surface area contributed by atoms with Crippen LogP contribution in [-0.2, 0) is 4.79 Å². The van der Waals surface area contributed by atoms with Crippen LogP contribution in [0.15, 0.2) is 21.9 Å². The highest BCUT2D eigenvalue weighted by Gasteiger charge is 2.00. The molecule has 1 aromatic heterocycles. The number of aromatic nitrogens is 1. The predicted molar refractivity (Wildman–Crippen MR) is 34.9 cm³/mol. The van der Waals surface area contributed by atoms with E-state index in [1.807, 2.05) is 0 Å². The second-order valence-electron chi connectivity index (χ2n) is 1.52. The maximum absolute atomic E-state index is 10.0.